The number of hydrogen-bond acceptors (Lipinski definition) is 2. The number of hydrogen-bond donors (Lipinski definition) is 1. The van der Waals surface area contributed by atoms with Crippen molar-refractivity contribution < 1.29 is 9.84 Å². The summed E-state index contributed by atoms with van der Waals surface area (Å²) in [6, 6.07) is 24.7. The first-order valence-electron chi connectivity index (χ1n) is 7.49. The van der Waals surface area contributed by atoms with Gasteiger partial charge in [-0.05, 0) is 29.3 Å². The molecule has 1 heterocycles. The number of halogens is 1. The van der Waals surface area contributed by atoms with Gasteiger partial charge in [0.25, 0.3) is 0 Å². The number of aliphatic hydroxyl groups is 1. The first kappa shape index (κ1) is 14.3. The summed E-state index contributed by atoms with van der Waals surface area (Å²) in [5, 5.41) is 12.2. The number of ether oxygens (including phenoxy) is 1. The Hall–Kier alpha value is -2.29. The van der Waals surface area contributed by atoms with Crippen molar-refractivity contribution in [3.05, 3.63) is 101 Å². The minimum Gasteiger partial charge on any atom is -0.482 e. The normalized spacial score (nSPS) is 22.4. The van der Waals surface area contributed by atoms with Crippen LogP contribution in [-0.2, 0) is 5.60 Å². The van der Waals surface area contributed by atoms with E-state index in [-0.39, 0.29) is 0 Å². The summed E-state index contributed by atoms with van der Waals surface area (Å²) in [4.78, 5) is 0. The van der Waals surface area contributed by atoms with Gasteiger partial charge in [0.2, 0.25) is 0 Å². The highest BCUT2D eigenvalue weighted by atomic mass is 35.5. The Morgan fingerprint density at radius 1 is 0.870 bits per heavy atom. The standard InChI is InChI=1S/C20H15ClO2/c21-16-11-12-18-17(13-16)20(22,15-9-5-2-6-10-15)19(23-18)14-7-3-1-4-8-14/h1-13,19,22H/t19-,20-/m1/s1. The number of rotatable bonds is 2. The topological polar surface area (TPSA) is 29.5 Å². The van der Waals surface area contributed by atoms with Gasteiger partial charge < -0.3 is 9.84 Å². The molecule has 1 aliphatic rings. The summed E-state index contributed by atoms with van der Waals surface area (Å²) in [6.07, 6.45) is -0.514. The van der Waals surface area contributed by atoms with Gasteiger partial charge >= 0.3 is 0 Å². The Morgan fingerprint density at radius 3 is 2.22 bits per heavy atom. The van der Waals surface area contributed by atoms with Gasteiger partial charge in [-0.15, -0.1) is 0 Å². The third kappa shape index (κ3) is 2.23. The molecular formula is C20H15ClO2. The summed E-state index contributed by atoms with van der Waals surface area (Å²) < 4.78 is 6.11. The minimum absolute atomic E-state index is 0.514. The SMILES string of the molecule is O[C@]1(c2ccccc2)c2cc(Cl)ccc2O[C@@H]1c1ccccc1. The van der Waals surface area contributed by atoms with Gasteiger partial charge in [-0.1, -0.05) is 72.3 Å². The van der Waals surface area contributed by atoms with Crippen molar-refractivity contribution in [2.24, 2.45) is 0 Å². The number of benzene rings is 3. The van der Waals surface area contributed by atoms with Gasteiger partial charge in [-0.3, -0.25) is 0 Å². The average molecular weight is 323 g/mol. The van der Waals surface area contributed by atoms with Crippen LogP contribution in [0.4, 0.5) is 0 Å². The fourth-order valence-electron chi connectivity index (χ4n) is 3.19. The molecule has 1 N–H and O–H groups in total. The Bertz CT molecular complexity index is 833. The molecule has 0 aromatic heterocycles. The maximum atomic E-state index is 11.7. The second-order valence-electron chi connectivity index (χ2n) is 5.68. The molecule has 3 heteroatoms. The van der Waals surface area contributed by atoms with Gasteiger partial charge in [0.05, 0.1) is 0 Å². The van der Waals surface area contributed by atoms with Crippen molar-refractivity contribution in [2.75, 3.05) is 0 Å². The predicted octanol–water partition coefficient (Wildman–Crippen LogP) is 4.71. The molecule has 0 aliphatic carbocycles. The van der Waals surface area contributed by atoms with Crippen molar-refractivity contribution >= 4 is 11.6 Å². The van der Waals surface area contributed by atoms with Crippen LogP contribution in [0.15, 0.2) is 78.9 Å². The molecule has 3 aromatic rings. The molecule has 0 unspecified atom stereocenters. The minimum atomic E-state index is -1.27. The largest absolute Gasteiger partial charge is 0.482 e. The first-order chi connectivity index (χ1) is 11.2. The zero-order valence-electron chi connectivity index (χ0n) is 12.3. The van der Waals surface area contributed by atoms with E-state index in [1.54, 1.807) is 12.1 Å². The molecule has 3 aromatic carbocycles. The lowest BCUT2D eigenvalue weighted by Gasteiger charge is -2.30. The summed E-state index contributed by atoms with van der Waals surface area (Å²) in [5.41, 5.74) is 1.13. The molecule has 2 nitrogen and oxygen atoms in total. The second kappa shape index (κ2) is 5.41. The predicted molar refractivity (Wildman–Crippen MR) is 90.7 cm³/mol. The molecule has 0 amide bonds. The molecule has 114 valence electrons. The van der Waals surface area contributed by atoms with Crippen molar-refractivity contribution in [3.63, 3.8) is 0 Å². The molecule has 0 fully saturated rings. The fourth-order valence-corrected chi connectivity index (χ4v) is 3.36. The highest BCUT2D eigenvalue weighted by Gasteiger charge is 2.49. The molecule has 23 heavy (non-hydrogen) atoms. The molecule has 0 radical (unpaired) electrons. The van der Waals surface area contributed by atoms with E-state index in [0.717, 1.165) is 11.1 Å². The Balaban J connectivity index is 1.95. The quantitative estimate of drug-likeness (QED) is 0.740. The monoisotopic (exact) mass is 322 g/mol. The molecule has 0 bridgehead atoms. The highest BCUT2D eigenvalue weighted by molar-refractivity contribution is 6.30. The molecular weight excluding hydrogens is 308 g/mol. The lowest BCUT2D eigenvalue weighted by molar-refractivity contribution is -0.00725. The summed E-state index contributed by atoms with van der Waals surface area (Å²) >= 11 is 6.17. The molecule has 4 rings (SSSR count). The van der Waals surface area contributed by atoms with E-state index in [4.69, 9.17) is 16.3 Å². The Labute approximate surface area is 139 Å². The van der Waals surface area contributed by atoms with E-state index in [1.807, 2.05) is 66.7 Å². The lowest BCUT2D eigenvalue weighted by Crippen LogP contribution is -2.32. The molecule has 2 atom stereocenters. The van der Waals surface area contributed by atoms with E-state index in [9.17, 15) is 5.11 Å². The van der Waals surface area contributed by atoms with Crippen molar-refractivity contribution in [2.45, 2.75) is 11.7 Å². The van der Waals surface area contributed by atoms with Crippen LogP contribution in [0.1, 0.15) is 22.8 Å². The van der Waals surface area contributed by atoms with Crippen LogP contribution in [0.25, 0.3) is 0 Å². The maximum Gasteiger partial charge on any atom is 0.161 e. The Kier molecular flexibility index (Phi) is 3.37. The van der Waals surface area contributed by atoms with Crippen molar-refractivity contribution in [1.29, 1.82) is 0 Å². The molecule has 1 aliphatic heterocycles. The maximum absolute atomic E-state index is 11.7. The zero-order chi connectivity index (χ0) is 15.9. The van der Waals surface area contributed by atoms with Gasteiger partial charge in [0.1, 0.15) is 5.75 Å². The highest BCUT2D eigenvalue weighted by Crippen LogP contribution is 2.52. The van der Waals surface area contributed by atoms with Crippen LogP contribution in [0.5, 0.6) is 5.75 Å². The van der Waals surface area contributed by atoms with E-state index >= 15 is 0 Å². The van der Waals surface area contributed by atoms with Crippen LogP contribution in [0.2, 0.25) is 5.02 Å². The molecule has 0 spiro atoms. The lowest BCUT2D eigenvalue weighted by atomic mass is 9.80. The Morgan fingerprint density at radius 2 is 1.52 bits per heavy atom. The van der Waals surface area contributed by atoms with Crippen LogP contribution >= 0.6 is 11.6 Å². The summed E-state index contributed by atoms with van der Waals surface area (Å²) in [5.74, 6) is 0.662. The van der Waals surface area contributed by atoms with Crippen LogP contribution in [-0.4, -0.2) is 5.11 Å². The van der Waals surface area contributed by atoms with E-state index in [2.05, 4.69) is 0 Å². The van der Waals surface area contributed by atoms with Gasteiger partial charge in [-0.25, -0.2) is 0 Å². The van der Waals surface area contributed by atoms with Gasteiger partial charge in [-0.2, -0.15) is 0 Å². The third-order valence-corrected chi connectivity index (χ3v) is 4.53. The van der Waals surface area contributed by atoms with Crippen molar-refractivity contribution in [3.8, 4) is 5.75 Å². The van der Waals surface area contributed by atoms with E-state index < -0.39 is 11.7 Å². The fraction of sp³-hybridized carbons (Fsp3) is 0.100. The zero-order valence-corrected chi connectivity index (χ0v) is 13.1. The summed E-state index contributed by atoms with van der Waals surface area (Å²) in [6.45, 7) is 0. The second-order valence-corrected chi connectivity index (χ2v) is 6.12. The van der Waals surface area contributed by atoms with E-state index in [0.29, 0.717) is 16.3 Å². The number of fused-ring (bicyclic) bond motifs is 1. The first-order valence-corrected chi connectivity index (χ1v) is 7.87. The van der Waals surface area contributed by atoms with Gasteiger partial charge in [0, 0.05) is 10.6 Å². The molecule has 0 saturated carbocycles. The molecule has 0 saturated heterocycles. The van der Waals surface area contributed by atoms with Crippen LogP contribution < -0.4 is 4.74 Å². The van der Waals surface area contributed by atoms with Crippen LogP contribution in [0, 0.1) is 0 Å². The smallest absolute Gasteiger partial charge is 0.161 e. The van der Waals surface area contributed by atoms with E-state index in [1.165, 1.54) is 0 Å². The van der Waals surface area contributed by atoms with Crippen molar-refractivity contribution in [1.82, 2.24) is 0 Å². The third-order valence-electron chi connectivity index (χ3n) is 4.29. The average Bonchev–Trinajstić information content (AvgIpc) is 2.90. The van der Waals surface area contributed by atoms with Gasteiger partial charge in [0.15, 0.2) is 11.7 Å². The van der Waals surface area contributed by atoms with Crippen LogP contribution in [0.3, 0.4) is 0 Å². The summed E-state index contributed by atoms with van der Waals surface area (Å²) in [7, 11) is 0.